The van der Waals surface area contributed by atoms with Crippen LogP contribution in [0.5, 0.6) is 5.75 Å². The molecule has 1 amide bonds. The number of aromatic nitrogens is 2. The van der Waals surface area contributed by atoms with Gasteiger partial charge in [-0.2, -0.15) is 0 Å². The van der Waals surface area contributed by atoms with Crippen LogP contribution in [0.2, 0.25) is 0 Å². The molecular formula is C18H19N3O4S. The number of amides is 1. The molecule has 0 aliphatic carbocycles. The summed E-state index contributed by atoms with van der Waals surface area (Å²) in [4.78, 5) is 11.9. The first kappa shape index (κ1) is 18.1. The third-order valence-electron chi connectivity index (χ3n) is 3.48. The molecule has 2 aromatic heterocycles. The zero-order valence-corrected chi connectivity index (χ0v) is 15.3. The molecular weight excluding hydrogens is 354 g/mol. The summed E-state index contributed by atoms with van der Waals surface area (Å²) in [5.41, 5.74) is 2.27. The monoisotopic (exact) mass is 373 g/mol. The third-order valence-corrected chi connectivity index (χ3v) is 4.30. The second-order valence-corrected chi connectivity index (χ2v) is 6.53. The highest BCUT2D eigenvalue weighted by molar-refractivity contribution is 7.99. The molecule has 3 aromatic rings. The Labute approximate surface area is 155 Å². The van der Waals surface area contributed by atoms with E-state index in [1.807, 2.05) is 26.0 Å². The Kier molecular flexibility index (Phi) is 5.96. The van der Waals surface area contributed by atoms with E-state index < -0.39 is 0 Å². The van der Waals surface area contributed by atoms with Gasteiger partial charge in [0.1, 0.15) is 12.4 Å². The summed E-state index contributed by atoms with van der Waals surface area (Å²) >= 11 is 1.17. The normalized spacial score (nSPS) is 10.7. The van der Waals surface area contributed by atoms with Crippen molar-refractivity contribution in [3.05, 3.63) is 47.7 Å². The smallest absolute Gasteiger partial charge is 0.284 e. The summed E-state index contributed by atoms with van der Waals surface area (Å²) in [6.07, 6.45) is 1.53. The topological polar surface area (TPSA) is 90.4 Å². The van der Waals surface area contributed by atoms with Crippen molar-refractivity contribution >= 4 is 17.7 Å². The van der Waals surface area contributed by atoms with Gasteiger partial charge in [-0.3, -0.25) is 4.79 Å². The predicted molar refractivity (Wildman–Crippen MR) is 97.1 cm³/mol. The molecule has 0 radical (unpaired) electrons. The predicted octanol–water partition coefficient (Wildman–Crippen LogP) is 3.23. The molecule has 0 aliphatic rings. The van der Waals surface area contributed by atoms with Crippen molar-refractivity contribution in [2.24, 2.45) is 0 Å². The summed E-state index contributed by atoms with van der Waals surface area (Å²) in [5.74, 6) is 1.67. The van der Waals surface area contributed by atoms with Gasteiger partial charge in [-0.15, -0.1) is 10.2 Å². The van der Waals surface area contributed by atoms with Gasteiger partial charge in [-0.1, -0.05) is 29.5 Å². The summed E-state index contributed by atoms with van der Waals surface area (Å²) in [6, 6.07) is 9.46. The number of hydrogen-bond donors (Lipinski definition) is 1. The van der Waals surface area contributed by atoms with E-state index in [0.29, 0.717) is 30.0 Å². The third kappa shape index (κ3) is 4.89. The number of hydrogen-bond acceptors (Lipinski definition) is 7. The van der Waals surface area contributed by atoms with Gasteiger partial charge < -0.3 is 18.9 Å². The first-order valence-electron chi connectivity index (χ1n) is 8.09. The van der Waals surface area contributed by atoms with Gasteiger partial charge >= 0.3 is 0 Å². The van der Waals surface area contributed by atoms with Crippen molar-refractivity contribution in [1.82, 2.24) is 15.5 Å². The van der Waals surface area contributed by atoms with E-state index in [-0.39, 0.29) is 11.7 Å². The number of ether oxygens (including phenoxy) is 1. The van der Waals surface area contributed by atoms with Crippen LogP contribution in [0.1, 0.15) is 11.1 Å². The Hall–Kier alpha value is -2.74. The van der Waals surface area contributed by atoms with E-state index in [1.165, 1.54) is 23.6 Å². The lowest BCUT2D eigenvalue weighted by Gasteiger charge is -2.10. The number of nitrogens with zero attached hydrogens (tertiary/aromatic N) is 2. The SMILES string of the molecule is Cc1ccc(OCCNC(=O)CSc2nnc(-c3ccco3)o2)c(C)c1. The van der Waals surface area contributed by atoms with Crippen LogP contribution >= 0.6 is 11.8 Å². The van der Waals surface area contributed by atoms with Crippen molar-refractivity contribution in [3.8, 4) is 17.4 Å². The Bertz CT molecular complexity index is 861. The minimum atomic E-state index is -0.128. The van der Waals surface area contributed by atoms with Gasteiger partial charge in [-0.05, 0) is 37.6 Å². The second-order valence-electron chi connectivity index (χ2n) is 5.61. The zero-order valence-electron chi connectivity index (χ0n) is 14.5. The zero-order chi connectivity index (χ0) is 18.4. The molecule has 7 nitrogen and oxygen atoms in total. The number of thioether (sulfide) groups is 1. The van der Waals surface area contributed by atoms with Gasteiger partial charge in [0.2, 0.25) is 5.91 Å². The molecule has 3 rings (SSSR count). The summed E-state index contributed by atoms with van der Waals surface area (Å²) < 4.78 is 16.3. The number of carbonyl (C=O) groups excluding carboxylic acids is 1. The maximum Gasteiger partial charge on any atom is 0.284 e. The van der Waals surface area contributed by atoms with Gasteiger partial charge in [-0.25, -0.2) is 0 Å². The number of carbonyl (C=O) groups is 1. The number of aryl methyl sites for hydroxylation is 2. The molecule has 1 aromatic carbocycles. The number of furan rings is 1. The van der Waals surface area contributed by atoms with Crippen molar-refractivity contribution in [2.75, 3.05) is 18.9 Å². The average Bonchev–Trinajstić information content (AvgIpc) is 3.29. The Morgan fingerprint density at radius 2 is 2.15 bits per heavy atom. The van der Waals surface area contributed by atoms with Gasteiger partial charge in [0, 0.05) is 0 Å². The summed E-state index contributed by atoms with van der Waals surface area (Å²) in [5, 5.41) is 10.9. The first-order valence-corrected chi connectivity index (χ1v) is 9.07. The largest absolute Gasteiger partial charge is 0.491 e. The summed E-state index contributed by atoms with van der Waals surface area (Å²) in [7, 11) is 0. The van der Waals surface area contributed by atoms with Crippen LogP contribution in [0.4, 0.5) is 0 Å². The van der Waals surface area contributed by atoms with Crippen LogP contribution in [0.25, 0.3) is 11.7 Å². The van der Waals surface area contributed by atoms with E-state index in [4.69, 9.17) is 13.6 Å². The molecule has 1 N–H and O–H groups in total. The van der Waals surface area contributed by atoms with Gasteiger partial charge in [0.15, 0.2) is 5.76 Å². The van der Waals surface area contributed by atoms with Crippen molar-refractivity contribution < 1.29 is 18.4 Å². The molecule has 8 heteroatoms. The fourth-order valence-electron chi connectivity index (χ4n) is 2.26. The Morgan fingerprint density at radius 3 is 2.92 bits per heavy atom. The lowest BCUT2D eigenvalue weighted by Crippen LogP contribution is -2.29. The number of benzene rings is 1. The number of nitrogens with one attached hydrogen (secondary N) is 1. The van der Waals surface area contributed by atoms with Crippen molar-refractivity contribution in [2.45, 2.75) is 19.1 Å². The molecule has 0 atom stereocenters. The molecule has 0 saturated heterocycles. The van der Waals surface area contributed by atoms with E-state index in [2.05, 4.69) is 21.6 Å². The van der Waals surface area contributed by atoms with Crippen LogP contribution < -0.4 is 10.1 Å². The Balaban J connectivity index is 1.37. The molecule has 0 unspecified atom stereocenters. The first-order chi connectivity index (χ1) is 12.6. The van der Waals surface area contributed by atoms with Crippen LogP contribution in [-0.4, -0.2) is 35.0 Å². The average molecular weight is 373 g/mol. The van der Waals surface area contributed by atoms with E-state index in [1.54, 1.807) is 12.1 Å². The van der Waals surface area contributed by atoms with Gasteiger partial charge in [0.25, 0.3) is 11.1 Å². The minimum Gasteiger partial charge on any atom is -0.491 e. The lowest BCUT2D eigenvalue weighted by atomic mass is 10.1. The quantitative estimate of drug-likeness (QED) is 0.479. The molecule has 0 fully saturated rings. The van der Waals surface area contributed by atoms with Crippen LogP contribution in [0.3, 0.4) is 0 Å². The van der Waals surface area contributed by atoms with E-state index in [9.17, 15) is 4.79 Å². The van der Waals surface area contributed by atoms with Crippen LogP contribution in [0, 0.1) is 13.8 Å². The fraction of sp³-hybridized carbons (Fsp3) is 0.278. The molecule has 0 aliphatic heterocycles. The van der Waals surface area contributed by atoms with Gasteiger partial charge in [0.05, 0.1) is 18.6 Å². The number of rotatable bonds is 8. The molecule has 0 saturated carbocycles. The second kappa shape index (κ2) is 8.57. The Morgan fingerprint density at radius 1 is 1.27 bits per heavy atom. The lowest BCUT2D eigenvalue weighted by molar-refractivity contribution is -0.118. The fourth-order valence-corrected chi connectivity index (χ4v) is 2.85. The maximum absolute atomic E-state index is 11.9. The van der Waals surface area contributed by atoms with Crippen molar-refractivity contribution in [3.63, 3.8) is 0 Å². The molecule has 2 heterocycles. The molecule has 0 bridgehead atoms. The highest BCUT2D eigenvalue weighted by Gasteiger charge is 2.12. The molecule has 26 heavy (non-hydrogen) atoms. The maximum atomic E-state index is 11.9. The van der Waals surface area contributed by atoms with Crippen molar-refractivity contribution in [1.29, 1.82) is 0 Å². The van der Waals surface area contributed by atoms with E-state index in [0.717, 1.165) is 11.3 Å². The minimum absolute atomic E-state index is 0.128. The van der Waals surface area contributed by atoms with E-state index >= 15 is 0 Å². The van der Waals surface area contributed by atoms with Crippen LogP contribution in [0.15, 0.2) is 50.7 Å². The van der Waals surface area contributed by atoms with Crippen LogP contribution in [-0.2, 0) is 4.79 Å². The molecule has 136 valence electrons. The highest BCUT2D eigenvalue weighted by atomic mass is 32.2. The standard InChI is InChI=1S/C18H19N3O4S/c1-12-5-6-14(13(2)10-12)24-9-7-19-16(22)11-26-18-21-20-17(25-18)15-4-3-8-23-15/h3-6,8,10H,7,9,11H2,1-2H3,(H,19,22). The highest BCUT2D eigenvalue weighted by Crippen LogP contribution is 2.23. The molecule has 0 spiro atoms. The summed E-state index contributed by atoms with van der Waals surface area (Å²) in [6.45, 7) is 4.87.